The van der Waals surface area contributed by atoms with Crippen LogP contribution in [0, 0.1) is 0 Å². The van der Waals surface area contributed by atoms with Gasteiger partial charge in [0.25, 0.3) is 0 Å². The van der Waals surface area contributed by atoms with Gasteiger partial charge in [-0.05, 0) is 31.5 Å². The van der Waals surface area contributed by atoms with Crippen molar-refractivity contribution in [1.82, 2.24) is 10.3 Å². The number of nitrogens with one attached hydrogen (secondary N) is 1. The van der Waals surface area contributed by atoms with Gasteiger partial charge in [-0.15, -0.1) is 24.8 Å². The normalized spacial score (nSPS) is 19.4. The van der Waals surface area contributed by atoms with E-state index in [0.717, 1.165) is 29.9 Å². The molecule has 0 aliphatic carbocycles. The Bertz CT molecular complexity index is 433. The molecule has 2 aromatic rings. The highest BCUT2D eigenvalue weighted by molar-refractivity contribution is 5.85. The highest BCUT2D eigenvalue weighted by Crippen LogP contribution is 2.27. The smallest absolute Gasteiger partial charge is 0.152 e. The maximum absolute atomic E-state index is 5.80. The Balaban J connectivity index is 0.000000722. The second-order valence-electron chi connectivity index (χ2n) is 4.08. The molecule has 3 nitrogen and oxygen atoms in total. The molecule has 3 heterocycles. The Morgan fingerprint density at radius 1 is 1.35 bits per heavy atom. The van der Waals surface area contributed by atoms with Crippen molar-refractivity contribution in [3.05, 3.63) is 30.2 Å². The summed E-state index contributed by atoms with van der Waals surface area (Å²) in [7, 11) is 0. The monoisotopic (exact) mass is 274 g/mol. The average Bonchev–Trinajstić information content (AvgIpc) is 2.74. The molecule has 0 amide bonds. The first-order valence-corrected chi connectivity index (χ1v) is 5.49. The van der Waals surface area contributed by atoms with E-state index in [1.165, 1.54) is 12.8 Å². The van der Waals surface area contributed by atoms with Crippen LogP contribution in [-0.2, 0) is 0 Å². The van der Waals surface area contributed by atoms with Crippen LogP contribution in [0.25, 0.3) is 11.1 Å². The van der Waals surface area contributed by atoms with E-state index in [4.69, 9.17) is 4.42 Å². The van der Waals surface area contributed by atoms with Gasteiger partial charge in [0.05, 0.1) is 0 Å². The van der Waals surface area contributed by atoms with Crippen molar-refractivity contribution in [3.8, 4) is 0 Å². The zero-order valence-corrected chi connectivity index (χ0v) is 11.0. The standard InChI is InChI=1S/C12H14N2O.2ClH/c1-3-9(8-13-5-1)12-7-10-11(15-12)4-2-6-14-10;;/h2,4,6-7,9,13H,1,3,5,8H2;2*1H. The number of aromatic nitrogens is 1. The minimum absolute atomic E-state index is 0. The van der Waals surface area contributed by atoms with E-state index in [1.807, 2.05) is 12.1 Å². The number of furan rings is 1. The Labute approximate surface area is 113 Å². The minimum Gasteiger partial charge on any atom is -0.459 e. The van der Waals surface area contributed by atoms with E-state index in [2.05, 4.69) is 16.4 Å². The second kappa shape index (κ2) is 6.24. The van der Waals surface area contributed by atoms with Crippen LogP contribution in [0.15, 0.2) is 28.8 Å². The zero-order valence-electron chi connectivity index (χ0n) is 9.39. The number of nitrogens with zero attached hydrogens (tertiary/aromatic N) is 1. The number of hydrogen-bond acceptors (Lipinski definition) is 3. The molecule has 1 saturated heterocycles. The first kappa shape index (κ1) is 14.3. The van der Waals surface area contributed by atoms with Gasteiger partial charge in [-0.1, -0.05) is 0 Å². The van der Waals surface area contributed by atoms with Crippen molar-refractivity contribution in [1.29, 1.82) is 0 Å². The molecule has 1 unspecified atom stereocenters. The number of halogens is 2. The third-order valence-electron chi connectivity index (χ3n) is 3.01. The van der Waals surface area contributed by atoms with Crippen molar-refractivity contribution >= 4 is 35.9 Å². The van der Waals surface area contributed by atoms with Gasteiger partial charge >= 0.3 is 0 Å². The zero-order chi connectivity index (χ0) is 10.1. The van der Waals surface area contributed by atoms with Crippen LogP contribution in [0.3, 0.4) is 0 Å². The van der Waals surface area contributed by atoms with Crippen molar-refractivity contribution in [2.24, 2.45) is 0 Å². The molecule has 94 valence electrons. The van der Waals surface area contributed by atoms with Crippen molar-refractivity contribution in [3.63, 3.8) is 0 Å². The maximum Gasteiger partial charge on any atom is 0.152 e. The van der Waals surface area contributed by atoms with Gasteiger partial charge in [-0.25, -0.2) is 0 Å². The molecule has 1 atom stereocenters. The van der Waals surface area contributed by atoms with Crippen LogP contribution in [0.2, 0.25) is 0 Å². The highest BCUT2D eigenvalue weighted by atomic mass is 35.5. The maximum atomic E-state index is 5.80. The summed E-state index contributed by atoms with van der Waals surface area (Å²) in [6.45, 7) is 2.16. The summed E-state index contributed by atoms with van der Waals surface area (Å²) in [5.74, 6) is 1.60. The third kappa shape index (κ3) is 2.92. The summed E-state index contributed by atoms with van der Waals surface area (Å²) in [6.07, 6.45) is 4.25. The van der Waals surface area contributed by atoms with E-state index in [-0.39, 0.29) is 24.8 Å². The lowest BCUT2D eigenvalue weighted by molar-refractivity contribution is 0.400. The molecule has 1 aliphatic rings. The van der Waals surface area contributed by atoms with E-state index >= 15 is 0 Å². The van der Waals surface area contributed by atoms with Crippen LogP contribution >= 0.6 is 24.8 Å². The van der Waals surface area contributed by atoms with Gasteiger partial charge in [0.2, 0.25) is 0 Å². The first-order chi connectivity index (χ1) is 7.43. The summed E-state index contributed by atoms with van der Waals surface area (Å²) in [5.41, 5.74) is 1.87. The Hall–Kier alpha value is -0.770. The highest BCUT2D eigenvalue weighted by Gasteiger charge is 2.18. The van der Waals surface area contributed by atoms with Crippen molar-refractivity contribution < 1.29 is 4.42 Å². The number of rotatable bonds is 1. The first-order valence-electron chi connectivity index (χ1n) is 5.49. The lowest BCUT2D eigenvalue weighted by atomic mass is 9.97. The molecule has 3 rings (SSSR count). The van der Waals surface area contributed by atoms with Gasteiger partial charge in [-0.3, -0.25) is 4.98 Å². The molecular formula is C12H16Cl2N2O. The number of pyridine rings is 1. The molecule has 0 radical (unpaired) electrons. The van der Waals surface area contributed by atoms with Gasteiger partial charge in [0.15, 0.2) is 5.58 Å². The average molecular weight is 275 g/mol. The molecule has 1 N–H and O–H groups in total. The summed E-state index contributed by atoms with van der Waals surface area (Å²) in [5, 5.41) is 3.40. The predicted molar refractivity (Wildman–Crippen MR) is 73.3 cm³/mol. The summed E-state index contributed by atoms with van der Waals surface area (Å²) in [6, 6.07) is 5.96. The summed E-state index contributed by atoms with van der Waals surface area (Å²) in [4.78, 5) is 4.28. The molecule has 0 spiro atoms. The number of fused-ring (bicyclic) bond motifs is 1. The molecule has 0 bridgehead atoms. The van der Waals surface area contributed by atoms with Gasteiger partial charge in [-0.2, -0.15) is 0 Å². The van der Waals surface area contributed by atoms with E-state index < -0.39 is 0 Å². The Kier molecular flexibility index (Phi) is 5.25. The largest absolute Gasteiger partial charge is 0.459 e. The van der Waals surface area contributed by atoms with Gasteiger partial charge < -0.3 is 9.73 Å². The minimum atomic E-state index is 0. The lowest BCUT2D eigenvalue weighted by Crippen LogP contribution is -2.28. The summed E-state index contributed by atoms with van der Waals surface area (Å²) < 4.78 is 5.80. The summed E-state index contributed by atoms with van der Waals surface area (Å²) >= 11 is 0. The molecule has 1 fully saturated rings. The number of hydrogen-bond donors (Lipinski definition) is 1. The van der Waals surface area contributed by atoms with E-state index in [1.54, 1.807) is 6.20 Å². The van der Waals surface area contributed by atoms with Crippen LogP contribution in [0.4, 0.5) is 0 Å². The Morgan fingerprint density at radius 3 is 2.94 bits per heavy atom. The molecule has 0 aromatic carbocycles. The van der Waals surface area contributed by atoms with Crippen LogP contribution in [-0.4, -0.2) is 18.1 Å². The fourth-order valence-electron chi connectivity index (χ4n) is 2.18. The Morgan fingerprint density at radius 2 is 2.24 bits per heavy atom. The number of piperidine rings is 1. The quantitative estimate of drug-likeness (QED) is 0.868. The molecular weight excluding hydrogens is 259 g/mol. The van der Waals surface area contributed by atoms with Gasteiger partial charge in [0.1, 0.15) is 11.3 Å². The van der Waals surface area contributed by atoms with Gasteiger partial charge in [0, 0.05) is 24.7 Å². The predicted octanol–water partition coefficient (Wildman–Crippen LogP) is 3.14. The fraction of sp³-hybridized carbons (Fsp3) is 0.417. The lowest BCUT2D eigenvalue weighted by Gasteiger charge is -2.20. The van der Waals surface area contributed by atoms with Crippen molar-refractivity contribution in [2.45, 2.75) is 18.8 Å². The molecule has 2 aromatic heterocycles. The fourth-order valence-corrected chi connectivity index (χ4v) is 2.18. The topological polar surface area (TPSA) is 38.1 Å². The van der Waals surface area contributed by atoms with E-state index in [9.17, 15) is 0 Å². The van der Waals surface area contributed by atoms with Crippen LogP contribution in [0.5, 0.6) is 0 Å². The van der Waals surface area contributed by atoms with Crippen LogP contribution < -0.4 is 5.32 Å². The molecule has 1 aliphatic heterocycles. The van der Waals surface area contributed by atoms with Crippen molar-refractivity contribution in [2.75, 3.05) is 13.1 Å². The molecule has 0 saturated carbocycles. The third-order valence-corrected chi connectivity index (χ3v) is 3.01. The molecule has 5 heteroatoms. The second-order valence-corrected chi connectivity index (χ2v) is 4.08. The SMILES string of the molecule is Cl.Cl.c1cnc2cc(C3CCCNC3)oc2c1. The molecule has 17 heavy (non-hydrogen) atoms. The van der Waals surface area contributed by atoms with E-state index in [0.29, 0.717) is 5.92 Å². The van der Waals surface area contributed by atoms with Crippen LogP contribution in [0.1, 0.15) is 24.5 Å².